The van der Waals surface area contributed by atoms with Gasteiger partial charge in [-0.25, -0.2) is 0 Å². The van der Waals surface area contributed by atoms with Gasteiger partial charge in [0.25, 0.3) is 0 Å². The summed E-state index contributed by atoms with van der Waals surface area (Å²) < 4.78 is 0.836. The van der Waals surface area contributed by atoms with Gasteiger partial charge in [0.15, 0.2) is 4.34 Å². The second-order valence-corrected chi connectivity index (χ2v) is 4.93. The number of nitrogens with zero attached hydrogens (tertiary/aromatic N) is 2. The van der Waals surface area contributed by atoms with Gasteiger partial charge in [0.2, 0.25) is 11.0 Å². The monoisotopic (exact) mass is 244 g/mol. The number of nitrogens with two attached hydrogens (primary N) is 1. The largest absolute Gasteiger partial charge is 0.370 e. The van der Waals surface area contributed by atoms with Gasteiger partial charge in [-0.15, -0.1) is 16.8 Å². The average molecular weight is 244 g/mol. The number of carbonyl (C=O) groups is 1. The van der Waals surface area contributed by atoms with Gasteiger partial charge in [-0.3, -0.25) is 4.79 Å². The molecule has 0 aliphatic carbocycles. The molecule has 1 amide bonds. The van der Waals surface area contributed by atoms with Crippen LogP contribution >= 0.6 is 23.1 Å². The highest BCUT2D eigenvalue weighted by molar-refractivity contribution is 8.01. The van der Waals surface area contributed by atoms with E-state index in [0.717, 1.165) is 9.47 Å². The van der Waals surface area contributed by atoms with Crippen molar-refractivity contribution in [3.63, 3.8) is 0 Å². The summed E-state index contributed by atoms with van der Waals surface area (Å²) in [5, 5.41) is 11.7. The first-order chi connectivity index (χ1) is 7.22. The standard InChI is InChI=1S/C8H12N4OS2/c1-2-4-10-7-11-12-8(15-7)14-5-3-6(9)13/h2H,1,3-5H2,(H2,9,13)(H,10,11). The fourth-order valence-corrected chi connectivity index (χ4v) is 2.52. The Bertz CT molecular complexity index is 339. The summed E-state index contributed by atoms with van der Waals surface area (Å²) in [6, 6.07) is 0. The molecule has 1 rings (SSSR count). The lowest BCUT2D eigenvalue weighted by Gasteiger charge is -1.93. The Balaban J connectivity index is 2.32. The molecule has 0 atom stereocenters. The summed E-state index contributed by atoms with van der Waals surface area (Å²) in [4.78, 5) is 10.5. The number of carbonyl (C=O) groups excluding carboxylic acids is 1. The molecule has 5 nitrogen and oxygen atoms in total. The van der Waals surface area contributed by atoms with Crippen molar-refractivity contribution in [3.8, 4) is 0 Å². The van der Waals surface area contributed by atoms with Crippen LogP contribution < -0.4 is 11.1 Å². The number of hydrogen-bond acceptors (Lipinski definition) is 6. The van der Waals surface area contributed by atoms with E-state index >= 15 is 0 Å². The molecular formula is C8H12N4OS2. The third-order valence-corrected chi connectivity index (χ3v) is 3.39. The molecule has 0 saturated carbocycles. The molecule has 0 spiro atoms. The Kier molecular flexibility index (Phi) is 5.13. The number of anilines is 1. The first kappa shape index (κ1) is 12.0. The fourth-order valence-electron chi connectivity index (χ4n) is 0.738. The van der Waals surface area contributed by atoms with Crippen molar-refractivity contribution in [2.24, 2.45) is 5.73 Å². The third-order valence-electron chi connectivity index (χ3n) is 1.38. The Labute approximate surface area is 96.2 Å². The Morgan fingerprint density at radius 2 is 2.47 bits per heavy atom. The van der Waals surface area contributed by atoms with Crippen LogP contribution in [0.15, 0.2) is 17.0 Å². The zero-order valence-electron chi connectivity index (χ0n) is 8.10. The van der Waals surface area contributed by atoms with E-state index in [-0.39, 0.29) is 5.91 Å². The Morgan fingerprint density at radius 1 is 1.67 bits per heavy atom. The lowest BCUT2D eigenvalue weighted by molar-refractivity contribution is -0.117. The minimum Gasteiger partial charge on any atom is -0.370 e. The quantitative estimate of drug-likeness (QED) is 0.554. The van der Waals surface area contributed by atoms with E-state index in [1.165, 1.54) is 23.1 Å². The number of thioether (sulfide) groups is 1. The lowest BCUT2D eigenvalue weighted by atomic mass is 10.5. The number of amides is 1. The number of hydrogen-bond donors (Lipinski definition) is 2. The second-order valence-electron chi connectivity index (χ2n) is 2.61. The topological polar surface area (TPSA) is 80.9 Å². The van der Waals surface area contributed by atoms with Crippen LogP contribution in [0.25, 0.3) is 0 Å². The van der Waals surface area contributed by atoms with Gasteiger partial charge in [0, 0.05) is 18.7 Å². The zero-order chi connectivity index (χ0) is 11.1. The average Bonchev–Trinajstić information content (AvgIpc) is 2.62. The smallest absolute Gasteiger partial charge is 0.218 e. The SMILES string of the molecule is C=CCNc1nnc(SCCC(N)=O)s1. The van der Waals surface area contributed by atoms with E-state index in [9.17, 15) is 4.79 Å². The molecule has 0 fully saturated rings. The second kappa shape index (κ2) is 6.41. The number of primary amides is 1. The first-order valence-electron chi connectivity index (χ1n) is 4.31. The molecule has 1 heterocycles. The number of aromatic nitrogens is 2. The molecule has 0 saturated heterocycles. The molecule has 0 aromatic carbocycles. The minimum absolute atomic E-state index is 0.294. The van der Waals surface area contributed by atoms with E-state index in [2.05, 4.69) is 22.1 Å². The van der Waals surface area contributed by atoms with Crippen LogP contribution in [0.1, 0.15) is 6.42 Å². The zero-order valence-corrected chi connectivity index (χ0v) is 9.74. The molecule has 0 aliphatic rings. The molecule has 0 bridgehead atoms. The van der Waals surface area contributed by atoms with E-state index in [0.29, 0.717) is 18.7 Å². The van der Waals surface area contributed by atoms with Gasteiger partial charge < -0.3 is 11.1 Å². The predicted molar refractivity (Wildman–Crippen MR) is 63.1 cm³/mol. The van der Waals surface area contributed by atoms with E-state index in [1.807, 2.05) is 0 Å². The van der Waals surface area contributed by atoms with Crippen molar-refractivity contribution in [1.82, 2.24) is 10.2 Å². The molecule has 82 valence electrons. The normalized spacial score (nSPS) is 9.87. The highest BCUT2D eigenvalue weighted by atomic mass is 32.2. The van der Waals surface area contributed by atoms with Gasteiger partial charge in [-0.1, -0.05) is 29.2 Å². The molecular weight excluding hydrogens is 232 g/mol. The van der Waals surface area contributed by atoms with Gasteiger partial charge in [-0.05, 0) is 0 Å². The van der Waals surface area contributed by atoms with Gasteiger partial charge in [0.05, 0.1) is 0 Å². The lowest BCUT2D eigenvalue weighted by Crippen LogP contribution is -2.10. The molecule has 0 radical (unpaired) electrons. The maximum Gasteiger partial charge on any atom is 0.218 e. The van der Waals surface area contributed by atoms with E-state index in [4.69, 9.17) is 5.73 Å². The first-order valence-corrected chi connectivity index (χ1v) is 6.12. The van der Waals surface area contributed by atoms with Crippen molar-refractivity contribution < 1.29 is 4.79 Å². The summed E-state index contributed by atoms with van der Waals surface area (Å²) >= 11 is 2.94. The highest BCUT2D eigenvalue weighted by Crippen LogP contribution is 2.25. The van der Waals surface area contributed by atoms with Gasteiger partial charge in [0.1, 0.15) is 0 Å². The van der Waals surface area contributed by atoms with Crippen LogP contribution in [0.3, 0.4) is 0 Å². The third kappa shape index (κ3) is 4.80. The predicted octanol–water partition coefficient (Wildman–Crippen LogP) is 1.10. The van der Waals surface area contributed by atoms with Crippen LogP contribution in [0.5, 0.6) is 0 Å². The number of rotatable bonds is 7. The maximum absolute atomic E-state index is 10.5. The summed E-state index contributed by atoms with van der Waals surface area (Å²) in [7, 11) is 0. The van der Waals surface area contributed by atoms with Crippen LogP contribution in [0.2, 0.25) is 0 Å². The van der Waals surface area contributed by atoms with Crippen LogP contribution in [-0.4, -0.2) is 28.4 Å². The molecule has 0 unspecified atom stereocenters. The summed E-state index contributed by atoms with van der Waals surface area (Å²) in [5.74, 6) is 0.350. The molecule has 1 aromatic heterocycles. The maximum atomic E-state index is 10.5. The fraction of sp³-hybridized carbons (Fsp3) is 0.375. The van der Waals surface area contributed by atoms with E-state index < -0.39 is 0 Å². The van der Waals surface area contributed by atoms with Gasteiger partial charge >= 0.3 is 0 Å². The molecule has 15 heavy (non-hydrogen) atoms. The van der Waals surface area contributed by atoms with Crippen LogP contribution in [0.4, 0.5) is 5.13 Å². The van der Waals surface area contributed by atoms with Crippen molar-refractivity contribution >= 4 is 34.1 Å². The Hall–Kier alpha value is -1.08. The Morgan fingerprint density at radius 3 is 3.13 bits per heavy atom. The summed E-state index contributed by atoms with van der Waals surface area (Å²) in [6.45, 7) is 4.26. The molecule has 0 aliphatic heterocycles. The molecule has 7 heteroatoms. The van der Waals surface area contributed by atoms with Crippen molar-refractivity contribution in [2.75, 3.05) is 17.6 Å². The number of nitrogens with one attached hydrogen (secondary N) is 1. The van der Waals surface area contributed by atoms with Crippen LogP contribution in [-0.2, 0) is 4.79 Å². The van der Waals surface area contributed by atoms with Crippen LogP contribution in [0, 0.1) is 0 Å². The molecule has 3 N–H and O–H groups in total. The summed E-state index contributed by atoms with van der Waals surface area (Å²) in [5.41, 5.74) is 5.02. The van der Waals surface area contributed by atoms with Gasteiger partial charge in [-0.2, -0.15) is 0 Å². The van der Waals surface area contributed by atoms with Crippen molar-refractivity contribution in [1.29, 1.82) is 0 Å². The highest BCUT2D eigenvalue weighted by Gasteiger charge is 2.04. The van der Waals surface area contributed by atoms with Crippen molar-refractivity contribution in [2.45, 2.75) is 10.8 Å². The minimum atomic E-state index is -0.294. The molecule has 1 aromatic rings. The summed E-state index contributed by atoms with van der Waals surface area (Å²) in [6.07, 6.45) is 2.11. The van der Waals surface area contributed by atoms with Crippen molar-refractivity contribution in [3.05, 3.63) is 12.7 Å². The van der Waals surface area contributed by atoms with E-state index in [1.54, 1.807) is 6.08 Å².